The minimum atomic E-state index is -0.263. The van der Waals surface area contributed by atoms with Crippen LogP contribution >= 0.6 is 15.9 Å². The van der Waals surface area contributed by atoms with Crippen molar-refractivity contribution in [3.05, 3.63) is 65.0 Å². The van der Waals surface area contributed by atoms with E-state index in [2.05, 4.69) is 41.3 Å². The van der Waals surface area contributed by atoms with Gasteiger partial charge in [0.1, 0.15) is 17.0 Å². The average Bonchev–Trinajstić information content (AvgIpc) is 2.88. The zero-order valence-electron chi connectivity index (χ0n) is 11.3. The lowest BCUT2D eigenvalue weighted by Gasteiger charge is -2.02. The summed E-state index contributed by atoms with van der Waals surface area (Å²) in [7, 11) is 0. The van der Waals surface area contributed by atoms with Crippen LogP contribution in [0.1, 0.15) is 16.2 Å². The van der Waals surface area contributed by atoms with Crippen molar-refractivity contribution in [3.63, 3.8) is 0 Å². The van der Waals surface area contributed by atoms with Gasteiger partial charge in [0.2, 0.25) is 0 Å². The Morgan fingerprint density at radius 1 is 1.23 bits per heavy atom. The van der Waals surface area contributed by atoms with E-state index in [1.165, 1.54) is 6.20 Å². The van der Waals surface area contributed by atoms with Crippen LogP contribution in [0.3, 0.4) is 0 Å². The van der Waals surface area contributed by atoms with E-state index in [0.717, 1.165) is 4.60 Å². The molecule has 22 heavy (non-hydrogen) atoms. The number of nitrogens with zero attached hydrogens (tertiary/aromatic N) is 5. The van der Waals surface area contributed by atoms with Crippen molar-refractivity contribution in [3.8, 4) is 0 Å². The summed E-state index contributed by atoms with van der Waals surface area (Å²) in [4.78, 5) is 24.3. The van der Waals surface area contributed by atoms with Gasteiger partial charge in [-0.25, -0.2) is 14.6 Å². The van der Waals surface area contributed by atoms with Crippen LogP contribution in [0, 0.1) is 0 Å². The third kappa shape index (κ3) is 3.34. The Bertz CT molecular complexity index is 775. The first-order chi connectivity index (χ1) is 10.7. The van der Waals surface area contributed by atoms with Gasteiger partial charge in [0.25, 0.3) is 5.91 Å². The molecule has 0 atom stereocenters. The maximum Gasteiger partial charge on any atom is 0.258 e. The summed E-state index contributed by atoms with van der Waals surface area (Å²) in [5.41, 5.74) is 0.472. The number of carbonyl (C=O) groups is 1. The molecule has 3 rings (SSSR count). The van der Waals surface area contributed by atoms with Crippen LogP contribution < -0.4 is 5.32 Å². The molecule has 0 aliphatic rings. The molecule has 7 nitrogen and oxygen atoms in total. The van der Waals surface area contributed by atoms with Crippen molar-refractivity contribution >= 4 is 27.7 Å². The lowest BCUT2D eigenvalue weighted by molar-refractivity contribution is 0.102. The van der Waals surface area contributed by atoms with Gasteiger partial charge in [0.05, 0.1) is 5.56 Å². The third-order valence-corrected chi connectivity index (χ3v) is 3.44. The van der Waals surface area contributed by atoms with Gasteiger partial charge in [-0.05, 0) is 34.1 Å². The highest BCUT2D eigenvalue weighted by Crippen LogP contribution is 2.17. The van der Waals surface area contributed by atoms with Gasteiger partial charge in [-0.3, -0.25) is 9.78 Å². The Balaban J connectivity index is 1.74. The van der Waals surface area contributed by atoms with E-state index in [1.807, 2.05) is 0 Å². The molecule has 0 aliphatic carbocycles. The van der Waals surface area contributed by atoms with Crippen molar-refractivity contribution in [2.45, 2.75) is 6.54 Å². The Kier molecular flexibility index (Phi) is 4.19. The average molecular weight is 359 g/mol. The normalized spacial score (nSPS) is 10.4. The molecule has 0 saturated carbocycles. The molecule has 1 N–H and O–H groups in total. The number of hydrogen-bond donors (Lipinski definition) is 1. The molecular formula is C14H11BrN6O. The van der Waals surface area contributed by atoms with Crippen molar-refractivity contribution in [1.82, 2.24) is 24.7 Å². The Morgan fingerprint density at radius 2 is 2.05 bits per heavy atom. The predicted octanol–water partition coefficient (Wildman–Crippen LogP) is 2.13. The van der Waals surface area contributed by atoms with E-state index < -0.39 is 0 Å². The van der Waals surface area contributed by atoms with E-state index in [-0.39, 0.29) is 5.91 Å². The van der Waals surface area contributed by atoms with E-state index in [0.29, 0.717) is 23.8 Å². The lowest BCUT2D eigenvalue weighted by Crippen LogP contribution is -2.13. The van der Waals surface area contributed by atoms with Crippen molar-refractivity contribution in [2.75, 3.05) is 5.32 Å². The summed E-state index contributed by atoms with van der Waals surface area (Å²) in [6, 6.07) is 6.86. The number of halogens is 1. The number of pyridine rings is 1. The standard InChI is InChI=1S/C14H11BrN6O/c15-11-7-12(19-14(22)10-3-1-4-16-8-10)20-21(11)9-13-17-5-2-6-18-13/h1-8H,9H2,(H,19,20,22). The first-order valence-electron chi connectivity index (χ1n) is 6.43. The van der Waals surface area contributed by atoms with E-state index in [1.54, 1.807) is 47.5 Å². The minimum absolute atomic E-state index is 0.263. The second kappa shape index (κ2) is 6.44. The maximum absolute atomic E-state index is 12.1. The van der Waals surface area contributed by atoms with Gasteiger partial charge < -0.3 is 5.32 Å². The molecule has 0 radical (unpaired) electrons. The van der Waals surface area contributed by atoms with Gasteiger partial charge in [-0.2, -0.15) is 5.10 Å². The lowest BCUT2D eigenvalue weighted by atomic mass is 10.3. The summed E-state index contributed by atoms with van der Waals surface area (Å²) in [6.07, 6.45) is 6.46. The molecule has 3 heterocycles. The number of aromatic nitrogens is 5. The SMILES string of the molecule is O=C(Nc1cc(Br)n(Cc2ncccn2)n1)c1cccnc1. The molecule has 0 saturated heterocycles. The molecule has 0 aromatic carbocycles. The molecule has 0 bridgehead atoms. The fraction of sp³-hybridized carbons (Fsp3) is 0.0714. The van der Waals surface area contributed by atoms with Crippen LogP contribution in [-0.2, 0) is 6.54 Å². The van der Waals surface area contributed by atoms with Gasteiger partial charge in [0, 0.05) is 30.9 Å². The fourth-order valence-corrected chi connectivity index (χ4v) is 2.22. The first-order valence-corrected chi connectivity index (χ1v) is 7.22. The summed E-state index contributed by atoms with van der Waals surface area (Å²) >= 11 is 3.40. The smallest absolute Gasteiger partial charge is 0.258 e. The van der Waals surface area contributed by atoms with E-state index >= 15 is 0 Å². The van der Waals surface area contributed by atoms with Crippen LogP contribution in [0.4, 0.5) is 5.82 Å². The largest absolute Gasteiger partial charge is 0.305 e. The number of hydrogen-bond acceptors (Lipinski definition) is 5. The minimum Gasteiger partial charge on any atom is -0.305 e. The van der Waals surface area contributed by atoms with Crippen molar-refractivity contribution in [2.24, 2.45) is 0 Å². The van der Waals surface area contributed by atoms with Crippen molar-refractivity contribution < 1.29 is 4.79 Å². The molecule has 110 valence electrons. The molecule has 3 aromatic heterocycles. The van der Waals surface area contributed by atoms with Crippen LogP contribution in [0.5, 0.6) is 0 Å². The first kappa shape index (κ1) is 14.3. The highest BCUT2D eigenvalue weighted by Gasteiger charge is 2.11. The molecule has 8 heteroatoms. The van der Waals surface area contributed by atoms with Crippen LogP contribution in [0.2, 0.25) is 0 Å². The second-order valence-corrected chi connectivity index (χ2v) is 5.18. The topological polar surface area (TPSA) is 85.6 Å². The van der Waals surface area contributed by atoms with Crippen LogP contribution in [0.25, 0.3) is 0 Å². The third-order valence-electron chi connectivity index (χ3n) is 2.81. The number of rotatable bonds is 4. The van der Waals surface area contributed by atoms with Gasteiger partial charge in [0.15, 0.2) is 5.82 Å². The number of nitrogens with one attached hydrogen (secondary N) is 1. The van der Waals surface area contributed by atoms with Crippen molar-refractivity contribution in [1.29, 1.82) is 0 Å². The monoisotopic (exact) mass is 358 g/mol. The number of amides is 1. The number of carbonyl (C=O) groups excluding carboxylic acids is 1. The highest BCUT2D eigenvalue weighted by molar-refractivity contribution is 9.10. The van der Waals surface area contributed by atoms with Crippen LogP contribution in [-0.4, -0.2) is 30.6 Å². The predicted molar refractivity (Wildman–Crippen MR) is 83.3 cm³/mol. The van der Waals surface area contributed by atoms with Gasteiger partial charge in [-0.15, -0.1) is 0 Å². The highest BCUT2D eigenvalue weighted by atomic mass is 79.9. The van der Waals surface area contributed by atoms with Crippen LogP contribution in [0.15, 0.2) is 53.7 Å². The summed E-state index contributed by atoms with van der Waals surface area (Å²) in [6.45, 7) is 0.407. The summed E-state index contributed by atoms with van der Waals surface area (Å²) in [5, 5.41) is 7.03. The Hall–Kier alpha value is -2.61. The molecule has 0 aliphatic heterocycles. The Labute approximate surface area is 134 Å². The maximum atomic E-state index is 12.1. The zero-order valence-corrected chi connectivity index (χ0v) is 12.9. The second-order valence-electron chi connectivity index (χ2n) is 4.37. The number of anilines is 1. The van der Waals surface area contributed by atoms with E-state index in [9.17, 15) is 4.79 Å². The molecule has 0 unspecified atom stereocenters. The zero-order chi connectivity index (χ0) is 15.4. The molecule has 0 spiro atoms. The van der Waals surface area contributed by atoms with E-state index in [4.69, 9.17) is 0 Å². The van der Waals surface area contributed by atoms with Gasteiger partial charge >= 0.3 is 0 Å². The fourth-order valence-electron chi connectivity index (χ4n) is 1.80. The quantitative estimate of drug-likeness (QED) is 0.771. The Morgan fingerprint density at radius 3 is 2.77 bits per heavy atom. The molecule has 0 fully saturated rings. The molecular weight excluding hydrogens is 348 g/mol. The summed E-state index contributed by atoms with van der Waals surface area (Å²) < 4.78 is 2.38. The molecule has 1 amide bonds. The summed E-state index contributed by atoms with van der Waals surface area (Å²) in [5.74, 6) is 0.814. The molecule has 3 aromatic rings. The van der Waals surface area contributed by atoms with Gasteiger partial charge in [-0.1, -0.05) is 0 Å².